The minimum Gasteiger partial charge on any atom is -0.379 e. The number of rotatable bonds is 8. The number of nitro groups is 1. The predicted octanol–water partition coefficient (Wildman–Crippen LogP) is 4.74. The van der Waals surface area contributed by atoms with Gasteiger partial charge in [-0.2, -0.15) is 4.31 Å². The molecule has 186 valence electrons. The summed E-state index contributed by atoms with van der Waals surface area (Å²) in [5, 5.41) is 13.1. The van der Waals surface area contributed by atoms with Crippen LogP contribution < -0.4 is 4.80 Å². The van der Waals surface area contributed by atoms with Gasteiger partial charge in [0, 0.05) is 36.6 Å². The zero-order valence-corrected chi connectivity index (χ0v) is 21.3. The van der Waals surface area contributed by atoms with E-state index < -0.39 is 14.9 Å². The van der Waals surface area contributed by atoms with Crippen molar-refractivity contribution < 1.29 is 18.1 Å². The third-order valence-corrected chi connectivity index (χ3v) is 8.85. The molecule has 1 saturated heterocycles. The summed E-state index contributed by atoms with van der Waals surface area (Å²) in [5.41, 5.74) is 2.54. The molecule has 0 unspecified atom stereocenters. The fourth-order valence-corrected chi connectivity index (χ4v) is 6.51. The van der Waals surface area contributed by atoms with Crippen molar-refractivity contribution in [2.75, 3.05) is 26.3 Å². The Morgan fingerprint density at radius 1 is 1.06 bits per heavy atom. The molecule has 1 aliphatic rings. The first-order valence-corrected chi connectivity index (χ1v) is 13.8. The van der Waals surface area contributed by atoms with Crippen LogP contribution in [0.5, 0.6) is 0 Å². The van der Waals surface area contributed by atoms with E-state index >= 15 is 0 Å². The van der Waals surface area contributed by atoms with Gasteiger partial charge in [-0.3, -0.25) is 10.1 Å². The van der Waals surface area contributed by atoms with Gasteiger partial charge in [-0.1, -0.05) is 13.8 Å². The van der Waals surface area contributed by atoms with Crippen LogP contribution in [0.15, 0.2) is 63.8 Å². The first-order chi connectivity index (χ1) is 16.8. The fourth-order valence-electron chi connectivity index (χ4n) is 4.11. The molecule has 35 heavy (non-hydrogen) atoms. The van der Waals surface area contributed by atoms with Crippen molar-refractivity contribution in [3.63, 3.8) is 0 Å². The Morgan fingerprint density at radius 2 is 1.69 bits per heavy atom. The van der Waals surface area contributed by atoms with Gasteiger partial charge in [-0.15, -0.1) is 11.3 Å². The van der Waals surface area contributed by atoms with Crippen molar-refractivity contribution in [1.82, 2.24) is 8.87 Å². The van der Waals surface area contributed by atoms with E-state index in [0.717, 1.165) is 28.9 Å². The third-order valence-electron chi connectivity index (χ3n) is 6.09. The van der Waals surface area contributed by atoms with E-state index in [0.29, 0.717) is 32.0 Å². The van der Waals surface area contributed by atoms with Crippen LogP contribution in [0, 0.1) is 10.1 Å². The zero-order chi connectivity index (χ0) is 25.0. The number of sulfonamides is 1. The number of ether oxygens (including phenoxy) is 1. The summed E-state index contributed by atoms with van der Waals surface area (Å²) < 4.78 is 34.7. The summed E-state index contributed by atoms with van der Waals surface area (Å²) in [6.45, 7) is 5.74. The molecule has 3 aromatic rings. The van der Waals surface area contributed by atoms with E-state index in [1.807, 2.05) is 5.38 Å². The maximum Gasteiger partial charge on any atom is 0.269 e. The second-order valence-electron chi connectivity index (χ2n) is 8.17. The summed E-state index contributed by atoms with van der Waals surface area (Å²) in [5.74, 6) is 0. The van der Waals surface area contributed by atoms with Gasteiger partial charge >= 0.3 is 0 Å². The molecule has 9 nitrogen and oxygen atoms in total. The molecule has 0 N–H and O–H groups in total. The zero-order valence-electron chi connectivity index (χ0n) is 19.7. The average molecular weight is 517 g/mol. The summed E-state index contributed by atoms with van der Waals surface area (Å²) in [6.07, 6.45) is 1.80. The van der Waals surface area contributed by atoms with Crippen LogP contribution >= 0.6 is 11.3 Å². The fraction of sp³-hybridized carbons (Fsp3) is 0.375. The van der Waals surface area contributed by atoms with Gasteiger partial charge in [-0.05, 0) is 54.8 Å². The molecule has 2 heterocycles. The van der Waals surface area contributed by atoms with Crippen LogP contribution in [-0.2, 0) is 14.8 Å². The van der Waals surface area contributed by atoms with Crippen molar-refractivity contribution in [3.05, 3.63) is 68.8 Å². The second-order valence-corrected chi connectivity index (χ2v) is 10.9. The highest BCUT2D eigenvalue weighted by atomic mass is 32.2. The molecule has 0 radical (unpaired) electrons. The Balaban J connectivity index is 1.70. The lowest BCUT2D eigenvalue weighted by Crippen LogP contribution is -2.40. The van der Waals surface area contributed by atoms with Gasteiger partial charge in [0.1, 0.15) is 0 Å². The number of nitrogens with zero attached hydrogens (tertiary/aromatic N) is 4. The second kappa shape index (κ2) is 10.8. The maximum atomic E-state index is 12.9. The number of non-ortho nitro benzene ring substituents is 1. The lowest BCUT2D eigenvalue weighted by molar-refractivity contribution is -0.384. The minimum atomic E-state index is -3.56. The van der Waals surface area contributed by atoms with Crippen LogP contribution in [0.25, 0.3) is 11.3 Å². The van der Waals surface area contributed by atoms with Gasteiger partial charge in [-0.25, -0.2) is 13.4 Å². The number of aromatic nitrogens is 1. The standard InChI is InChI=1S/C24H28N4O5S2/c1-3-20(4-2)27-23(18-5-9-21(10-6-18)28(29)30)17-34-24(27)25-19-7-11-22(12-8-19)35(31,32)26-13-15-33-16-14-26/h5-12,17,20H,3-4,13-16H2,1-2H3. The largest absolute Gasteiger partial charge is 0.379 e. The molecule has 1 aliphatic heterocycles. The Bertz CT molecular complexity index is 1340. The number of morpholine rings is 1. The number of thiazole rings is 1. The van der Waals surface area contributed by atoms with Crippen LogP contribution in [0.2, 0.25) is 0 Å². The van der Waals surface area contributed by atoms with Gasteiger partial charge in [0.2, 0.25) is 10.0 Å². The third kappa shape index (κ3) is 5.37. The van der Waals surface area contributed by atoms with Crippen molar-refractivity contribution >= 4 is 32.7 Å². The summed E-state index contributed by atoms with van der Waals surface area (Å²) >= 11 is 1.49. The van der Waals surface area contributed by atoms with E-state index in [4.69, 9.17) is 9.73 Å². The van der Waals surface area contributed by atoms with E-state index in [1.54, 1.807) is 36.4 Å². The number of hydrogen-bond donors (Lipinski definition) is 0. The first-order valence-electron chi connectivity index (χ1n) is 11.5. The SMILES string of the molecule is CCC(CC)n1c(-c2ccc([N+](=O)[O-])cc2)csc1=Nc1ccc(S(=O)(=O)N2CCOCC2)cc1. The monoisotopic (exact) mass is 516 g/mol. The quantitative estimate of drug-likeness (QED) is 0.318. The van der Waals surface area contributed by atoms with E-state index in [9.17, 15) is 18.5 Å². The number of hydrogen-bond acceptors (Lipinski definition) is 7. The molecule has 11 heteroatoms. The smallest absolute Gasteiger partial charge is 0.269 e. The molecule has 0 amide bonds. The predicted molar refractivity (Wildman–Crippen MR) is 135 cm³/mol. The highest BCUT2D eigenvalue weighted by Gasteiger charge is 2.26. The molecule has 1 aromatic heterocycles. The van der Waals surface area contributed by atoms with Gasteiger partial charge in [0.15, 0.2) is 4.80 Å². The maximum absolute atomic E-state index is 12.9. The van der Waals surface area contributed by atoms with Gasteiger partial charge in [0.05, 0.1) is 34.4 Å². The van der Waals surface area contributed by atoms with Crippen LogP contribution in [-0.4, -0.2) is 48.5 Å². The van der Waals surface area contributed by atoms with Crippen LogP contribution in [0.1, 0.15) is 32.7 Å². The van der Waals surface area contributed by atoms with Crippen molar-refractivity contribution in [1.29, 1.82) is 0 Å². The molecule has 0 bridgehead atoms. The van der Waals surface area contributed by atoms with Crippen molar-refractivity contribution in [3.8, 4) is 11.3 Å². The van der Waals surface area contributed by atoms with E-state index in [-0.39, 0.29) is 16.6 Å². The van der Waals surface area contributed by atoms with Gasteiger partial charge < -0.3 is 9.30 Å². The Labute approximate surface area is 208 Å². The molecule has 1 fully saturated rings. The van der Waals surface area contributed by atoms with Crippen molar-refractivity contribution in [2.45, 2.75) is 37.6 Å². The van der Waals surface area contributed by atoms with Crippen molar-refractivity contribution in [2.24, 2.45) is 4.99 Å². The van der Waals surface area contributed by atoms with Crippen LogP contribution in [0.4, 0.5) is 11.4 Å². The molecular weight excluding hydrogens is 488 g/mol. The Morgan fingerprint density at radius 3 is 2.26 bits per heavy atom. The highest BCUT2D eigenvalue weighted by molar-refractivity contribution is 7.89. The normalized spacial score (nSPS) is 15.6. The Kier molecular flexibility index (Phi) is 7.80. The summed E-state index contributed by atoms with van der Waals surface area (Å²) in [7, 11) is -3.56. The lowest BCUT2D eigenvalue weighted by atomic mass is 10.1. The molecule has 0 spiro atoms. The molecule has 4 rings (SSSR count). The lowest BCUT2D eigenvalue weighted by Gasteiger charge is -2.26. The highest BCUT2D eigenvalue weighted by Crippen LogP contribution is 2.28. The van der Waals surface area contributed by atoms with E-state index in [1.165, 1.54) is 27.8 Å². The summed E-state index contributed by atoms with van der Waals surface area (Å²) in [4.78, 5) is 16.5. The van der Waals surface area contributed by atoms with E-state index in [2.05, 4.69) is 18.4 Å². The van der Waals surface area contributed by atoms with Crippen LogP contribution in [0.3, 0.4) is 0 Å². The minimum absolute atomic E-state index is 0.0510. The Hall–Kier alpha value is -2.86. The first kappa shape index (κ1) is 25.2. The summed E-state index contributed by atoms with van der Waals surface area (Å²) in [6, 6.07) is 13.4. The molecule has 2 aromatic carbocycles. The molecule has 0 aliphatic carbocycles. The molecular formula is C24H28N4O5S2. The number of nitro benzene ring substituents is 1. The van der Waals surface area contributed by atoms with Gasteiger partial charge in [0.25, 0.3) is 5.69 Å². The topological polar surface area (TPSA) is 107 Å². The molecule has 0 saturated carbocycles. The average Bonchev–Trinajstić information content (AvgIpc) is 3.29. The number of benzene rings is 2. The molecule has 0 atom stereocenters.